The number of benzene rings is 1. The van der Waals surface area contributed by atoms with Crippen molar-refractivity contribution < 1.29 is 0 Å². The van der Waals surface area contributed by atoms with Gasteiger partial charge < -0.3 is 4.57 Å². The lowest BCUT2D eigenvalue weighted by molar-refractivity contribution is 0.818. The molecule has 0 saturated heterocycles. The van der Waals surface area contributed by atoms with Gasteiger partial charge >= 0.3 is 0 Å². The molecule has 2 heterocycles. The fourth-order valence-electron chi connectivity index (χ4n) is 1.65. The van der Waals surface area contributed by atoms with Crippen molar-refractivity contribution >= 4 is 0 Å². The maximum atomic E-state index is 10.8. The number of hydrogen-bond acceptors (Lipinski definition) is 2. The van der Waals surface area contributed by atoms with Gasteiger partial charge in [-0.2, -0.15) is 0 Å². The van der Waals surface area contributed by atoms with E-state index in [4.69, 9.17) is 0 Å². The summed E-state index contributed by atoms with van der Waals surface area (Å²) in [6.45, 7) is 22.0. The van der Waals surface area contributed by atoms with E-state index < -0.39 is 0 Å². The Morgan fingerprint density at radius 2 is 1.10 bits per heavy atom. The van der Waals surface area contributed by atoms with Gasteiger partial charge in [-0.05, 0) is 39.0 Å². The van der Waals surface area contributed by atoms with Gasteiger partial charge in [0.05, 0.1) is 0 Å². The molecule has 0 aliphatic carbocycles. The average Bonchev–Trinajstić information content (AvgIpc) is 2.84. The molecule has 2 aromatic heterocycles. The van der Waals surface area contributed by atoms with E-state index >= 15 is 0 Å². The predicted octanol–water partition coefficient (Wildman–Crippen LogP) is 8.18. The minimum absolute atomic E-state index is 0.0509. The Morgan fingerprint density at radius 1 is 0.613 bits per heavy atom. The van der Waals surface area contributed by atoms with Crippen LogP contribution in [0.15, 0.2) is 77.7 Å². The van der Waals surface area contributed by atoms with Crippen molar-refractivity contribution in [3.8, 4) is 0 Å². The highest BCUT2D eigenvalue weighted by Gasteiger charge is 1.88. The highest BCUT2D eigenvalue weighted by molar-refractivity contribution is 5.11. The first-order valence-corrected chi connectivity index (χ1v) is 11.5. The second kappa shape index (κ2) is 29.5. The van der Waals surface area contributed by atoms with Gasteiger partial charge in [-0.3, -0.25) is 9.78 Å². The molecule has 31 heavy (non-hydrogen) atoms. The Labute approximate surface area is 193 Å². The summed E-state index contributed by atoms with van der Waals surface area (Å²) >= 11 is 0. The molecule has 3 aromatic rings. The molecule has 0 spiro atoms. The number of rotatable bonds is 0. The van der Waals surface area contributed by atoms with E-state index in [0.29, 0.717) is 0 Å². The van der Waals surface area contributed by atoms with Crippen LogP contribution in [0.4, 0.5) is 0 Å². The molecule has 0 N–H and O–H groups in total. The van der Waals surface area contributed by atoms with Crippen LogP contribution in [0.1, 0.15) is 72.3 Å². The first-order valence-electron chi connectivity index (χ1n) is 11.5. The van der Waals surface area contributed by atoms with Crippen molar-refractivity contribution in [2.45, 2.75) is 76.2 Å². The maximum Gasteiger partial charge on any atom is 0.250 e. The number of aromatic nitrogens is 2. The normalized spacial score (nSPS) is 7.48. The van der Waals surface area contributed by atoms with Gasteiger partial charge in [-0.25, -0.2) is 0 Å². The van der Waals surface area contributed by atoms with Crippen molar-refractivity contribution in [1.29, 1.82) is 0 Å². The van der Waals surface area contributed by atoms with Gasteiger partial charge in [-0.1, -0.05) is 103 Å². The Balaban J connectivity index is -0.000000153. The van der Waals surface area contributed by atoms with Gasteiger partial charge in [-0.15, -0.1) is 0 Å². The van der Waals surface area contributed by atoms with Gasteiger partial charge in [0.25, 0.3) is 0 Å². The van der Waals surface area contributed by atoms with E-state index in [1.165, 1.54) is 5.56 Å². The lowest BCUT2D eigenvalue weighted by Crippen LogP contribution is -2.16. The predicted molar refractivity (Wildman–Crippen MR) is 142 cm³/mol. The van der Waals surface area contributed by atoms with E-state index in [-0.39, 0.29) is 5.56 Å². The first-order chi connectivity index (χ1) is 15.0. The molecular weight excluding hydrogens is 380 g/mol. The van der Waals surface area contributed by atoms with Crippen molar-refractivity contribution in [1.82, 2.24) is 9.55 Å². The monoisotopic (exact) mass is 428 g/mol. The third-order valence-corrected chi connectivity index (χ3v) is 3.19. The molecule has 1 aromatic carbocycles. The average molecular weight is 429 g/mol. The lowest BCUT2D eigenvalue weighted by atomic mass is 10.2. The number of hydrogen-bond donors (Lipinski definition) is 0. The van der Waals surface area contributed by atoms with Crippen molar-refractivity contribution in [2.24, 2.45) is 7.05 Å². The summed E-state index contributed by atoms with van der Waals surface area (Å²) in [6.07, 6.45) is 1.79. The number of nitrogens with zero attached hydrogens (tertiary/aromatic N) is 2. The van der Waals surface area contributed by atoms with Crippen LogP contribution in [0, 0.1) is 20.8 Å². The molecule has 3 heteroatoms. The minimum Gasteiger partial charge on any atom is -0.316 e. The molecule has 0 atom stereocenters. The third-order valence-electron chi connectivity index (χ3n) is 3.19. The minimum atomic E-state index is 0.0509. The summed E-state index contributed by atoms with van der Waals surface area (Å²) in [6, 6.07) is 21.3. The second-order valence-corrected chi connectivity index (χ2v) is 5.19. The molecule has 0 aliphatic rings. The van der Waals surface area contributed by atoms with Crippen LogP contribution < -0.4 is 5.56 Å². The molecule has 0 radical (unpaired) electrons. The largest absolute Gasteiger partial charge is 0.316 e. The standard InChI is InChI=1S/C7H9NO.C7H8.C6H7N.4C2H6/c1-6-4-3-5-7(9)8(6)2;1-7-5-3-2-4-6-7;1-6-4-2-3-5-7-6;4*1-2/h3-5H,1-2H3;2-6H,1H3;2-5H,1H3;4*1-2H3. The second-order valence-electron chi connectivity index (χ2n) is 5.19. The fourth-order valence-corrected chi connectivity index (χ4v) is 1.65. The topological polar surface area (TPSA) is 34.9 Å². The van der Waals surface area contributed by atoms with Crippen molar-refractivity contribution in [2.75, 3.05) is 0 Å². The molecule has 0 fully saturated rings. The zero-order chi connectivity index (χ0) is 25.1. The lowest BCUT2D eigenvalue weighted by Gasteiger charge is -1.98. The summed E-state index contributed by atoms with van der Waals surface area (Å²) in [5, 5.41) is 0. The molecule has 3 nitrogen and oxygen atoms in total. The highest BCUT2D eigenvalue weighted by atomic mass is 16.1. The van der Waals surface area contributed by atoms with Crippen LogP contribution in [0.25, 0.3) is 0 Å². The van der Waals surface area contributed by atoms with Gasteiger partial charge in [0.2, 0.25) is 5.56 Å². The smallest absolute Gasteiger partial charge is 0.250 e. The van der Waals surface area contributed by atoms with E-state index in [0.717, 1.165) is 11.4 Å². The third kappa shape index (κ3) is 23.5. The Kier molecular flexibility index (Phi) is 34.0. The fraction of sp³-hybridized carbons (Fsp3) is 0.429. The summed E-state index contributed by atoms with van der Waals surface area (Å²) in [5.41, 5.74) is 3.43. The van der Waals surface area contributed by atoms with Gasteiger partial charge in [0.15, 0.2) is 0 Å². The van der Waals surface area contributed by atoms with Crippen LogP contribution in [0.5, 0.6) is 0 Å². The summed E-state index contributed by atoms with van der Waals surface area (Å²) < 4.78 is 1.61. The Bertz CT molecular complexity index is 698. The Morgan fingerprint density at radius 3 is 1.35 bits per heavy atom. The van der Waals surface area contributed by atoms with E-state index in [2.05, 4.69) is 24.0 Å². The van der Waals surface area contributed by atoms with Gasteiger partial charge in [0.1, 0.15) is 0 Å². The maximum absolute atomic E-state index is 10.8. The molecule has 176 valence electrons. The van der Waals surface area contributed by atoms with Crippen molar-refractivity contribution in [3.63, 3.8) is 0 Å². The van der Waals surface area contributed by atoms with Crippen LogP contribution in [-0.4, -0.2) is 9.55 Å². The summed E-state index contributed by atoms with van der Waals surface area (Å²) in [5.74, 6) is 0. The Hall–Kier alpha value is -2.68. The van der Waals surface area contributed by atoms with E-state index in [9.17, 15) is 4.79 Å². The summed E-state index contributed by atoms with van der Waals surface area (Å²) in [4.78, 5) is 14.8. The molecule has 0 unspecified atom stereocenters. The number of pyridine rings is 2. The highest BCUT2D eigenvalue weighted by Crippen LogP contribution is 1.92. The molecule has 0 amide bonds. The molecule has 0 aliphatic heterocycles. The molecular formula is C28H48N2O. The molecule has 3 rings (SSSR count). The molecule has 0 bridgehead atoms. The molecule has 0 saturated carbocycles. The van der Waals surface area contributed by atoms with E-state index in [1.54, 1.807) is 29.9 Å². The zero-order valence-corrected chi connectivity index (χ0v) is 22.2. The van der Waals surface area contributed by atoms with Gasteiger partial charge in [0, 0.05) is 30.7 Å². The summed E-state index contributed by atoms with van der Waals surface area (Å²) in [7, 11) is 1.76. The van der Waals surface area contributed by atoms with Crippen LogP contribution >= 0.6 is 0 Å². The van der Waals surface area contributed by atoms with Crippen LogP contribution in [-0.2, 0) is 7.05 Å². The van der Waals surface area contributed by atoms with Crippen LogP contribution in [0.2, 0.25) is 0 Å². The first kappa shape index (κ1) is 35.7. The van der Waals surface area contributed by atoms with E-state index in [1.807, 2.05) is 112 Å². The van der Waals surface area contributed by atoms with Crippen LogP contribution in [0.3, 0.4) is 0 Å². The van der Waals surface area contributed by atoms with Crippen molar-refractivity contribution in [3.05, 3.63) is 100 Å². The zero-order valence-electron chi connectivity index (χ0n) is 22.2. The number of aryl methyl sites for hydroxylation is 3. The SMILES string of the molecule is CC.CC.CC.CC.Cc1cccc(=O)n1C.Cc1ccccc1.Cc1ccccn1. The quantitative estimate of drug-likeness (QED) is 0.362.